The first-order valence-corrected chi connectivity index (χ1v) is 7.96. The number of nitrogens with zero attached hydrogens (tertiary/aromatic N) is 1. The zero-order valence-corrected chi connectivity index (χ0v) is 13.7. The van der Waals surface area contributed by atoms with Gasteiger partial charge in [-0.05, 0) is 18.6 Å². The standard InChI is InChI=1S/C17H21N3O4/c1-10(21)19-7-8-20-16(23)14(15(18)22)12-9-17(20,2)24-13-6-4-3-5-11(12)13/h3-6,12,14H,7-9H2,1-2H3,(H2,18,22)(H,19,21)/t12-,14-,17+/m0/s1. The van der Waals surface area contributed by atoms with E-state index in [4.69, 9.17) is 10.5 Å². The molecule has 0 unspecified atom stereocenters. The Balaban J connectivity index is 1.97. The Kier molecular flexibility index (Phi) is 3.95. The summed E-state index contributed by atoms with van der Waals surface area (Å²) in [6.07, 6.45) is 0.490. The van der Waals surface area contributed by atoms with Crippen molar-refractivity contribution in [2.75, 3.05) is 13.1 Å². The number of hydrogen-bond donors (Lipinski definition) is 2. The quantitative estimate of drug-likeness (QED) is 0.777. The maximum Gasteiger partial charge on any atom is 0.238 e. The second-order valence-electron chi connectivity index (χ2n) is 6.48. The van der Waals surface area contributed by atoms with E-state index in [1.54, 1.807) is 0 Å². The van der Waals surface area contributed by atoms with Gasteiger partial charge in [0.25, 0.3) is 0 Å². The van der Waals surface area contributed by atoms with Crippen LogP contribution in [-0.4, -0.2) is 41.4 Å². The molecule has 24 heavy (non-hydrogen) atoms. The molecule has 2 heterocycles. The van der Waals surface area contributed by atoms with Crippen LogP contribution in [0.2, 0.25) is 0 Å². The minimum atomic E-state index is -0.916. The Bertz CT molecular complexity index is 705. The highest BCUT2D eigenvalue weighted by molar-refractivity contribution is 6.01. The van der Waals surface area contributed by atoms with Crippen LogP contribution in [0.15, 0.2) is 24.3 Å². The third-order valence-electron chi connectivity index (χ3n) is 4.77. The zero-order chi connectivity index (χ0) is 17.5. The molecule has 3 N–H and O–H groups in total. The third-order valence-corrected chi connectivity index (χ3v) is 4.77. The van der Waals surface area contributed by atoms with Gasteiger partial charge >= 0.3 is 0 Å². The second kappa shape index (κ2) is 5.81. The van der Waals surface area contributed by atoms with Crippen molar-refractivity contribution in [3.05, 3.63) is 29.8 Å². The summed E-state index contributed by atoms with van der Waals surface area (Å²) in [4.78, 5) is 37.5. The SMILES string of the molecule is CC(=O)NCCN1C(=O)[C@H](C(N)=O)[C@H]2C[C@@]1(C)Oc1ccccc12. The Morgan fingerprint density at radius 1 is 1.42 bits per heavy atom. The summed E-state index contributed by atoms with van der Waals surface area (Å²) in [6.45, 7) is 3.79. The molecule has 2 aliphatic heterocycles. The number of nitrogens with two attached hydrogens (primary N) is 1. The van der Waals surface area contributed by atoms with Crippen LogP contribution in [0.1, 0.15) is 31.7 Å². The molecule has 0 radical (unpaired) electrons. The second-order valence-corrected chi connectivity index (χ2v) is 6.48. The number of primary amides is 1. The summed E-state index contributed by atoms with van der Waals surface area (Å²) < 4.78 is 6.10. The van der Waals surface area contributed by atoms with Crippen molar-refractivity contribution in [2.24, 2.45) is 11.7 Å². The van der Waals surface area contributed by atoms with Crippen molar-refractivity contribution in [1.82, 2.24) is 10.2 Å². The Labute approximate surface area is 140 Å². The van der Waals surface area contributed by atoms with Crippen LogP contribution in [0.4, 0.5) is 0 Å². The van der Waals surface area contributed by atoms with Crippen LogP contribution in [0, 0.1) is 5.92 Å². The highest BCUT2D eigenvalue weighted by atomic mass is 16.5. The fourth-order valence-electron chi connectivity index (χ4n) is 3.72. The predicted molar refractivity (Wildman–Crippen MR) is 85.9 cm³/mol. The molecule has 0 saturated carbocycles. The lowest BCUT2D eigenvalue weighted by Gasteiger charge is -2.52. The van der Waals surface area contributed by atoms with Crippen molar-refractivity contribution < 1.29 is 19.1 Å². The smallest absolute Gasteiger partial charge is 0.238 e. The lowest BCUT2D eigenvalue weighted by Crippen LogP contribution is -2.65. The van der Waals surface area contributed by atoms with Gasteiger partial charge in [-0.15, -0.1) is 0 Å². The van der Waals surface area contributed by atoms with Gasteiger partial charge in [0.05, 0.1) is 0 Å². The predicted octanol–water partition coefficient (Wildman–Crippen LogP) is 0.349. The fraction of sp³-hybridized carbons (Fsp3) is 0.471. The van der Waals surface area contributed by atoms with E-state index in [1.165, 1.54) is 11.8 Å². The van der Waals surface area contributed by atoms with E-state index in [2.05, 4.69) is 5.32 Å². The van der Waals surface area contributed by atoms with Gasteiger partial charge < -0.3 is 20.7 Å². The Hall–Kier alpha value is -2.57. The number of amides is 3. The molecule has 1 aromatic carbocycles. The Morgan fingerprint density at radius 2 is 2.12 bits per heavy atom. The summed E-state index contributed by atoms with van der Waals surface area (Å²) in [5.74, 6) is -1.69. The molecule has 3 amide bonds. The maximum absolute atomic E-state index is 12.9. The minimum Gasteiger partial charge on any atom is -0.468 e. The van der Waals surface area contributed by atoms with Crippen LogP contribution in [0.5, 0.6) is 5.75 Å². The van der Waals surface area contributed by atoms with Crippen molar-refractivity contribution in [1.29, 1.82) is 0 Å². The summed E-state index contributed by atoms with van der Waals surface area (Å²) in [6, 6.07) is 7.41. The minimum absolute atomic E-state index is 0.177. The van der Waals surface area contributed by atoms with Gasteiger partial charge in [-0.25, -0.2) is 0 Å². The number of hydrogen-bond acceptors (Lipinski definition) is 4. The number of fused-ring (bicyclic) bond motifs is 4. The molecular weight excluding hydrogens is 310 g/mol. The zero-order valence-electron chi connectivity index (χ0n) is 13.7. The molecule has 1 fully saturated rings. The van der Waals surface area contributed by atoms with Crippen molar-refractivity contribution >= 4 is 17.7 Å². The first-order chi connectivity index (χ1) is 11.3. The molecule has 0 aromatic heterocycles. The van der Waals surface area contributed by atoms with E-state index >= 15 is 0 Å². The van der Waals surface area contributed by atoms with Crippen LogP contribution in [0.25, 0.3) is 0 Å². The number of ether oxygens (including phenoxy) is 1. The van der Waals surface area contributed by atoms with E-state index < -0.39 is 17.6 Å². The number of carbonyl (C=O) groups is 3. The lowest BCUT2D eigenvalue weighted by molar-refractivity contribution is -0.175. The van der Waals surface area contributed by atoms with E-state index in [-0.39, 0.29) is 30.8 Å². The van der Waals surface area contributed by atoms with Gasteiger partial charge in [0.15, 0.2) is 5.72 Å². The monoisotopic (exact) mass is 331 g/mol. The number of nitrogens with one attached hydrogen (secondary N) is 1. The molecule has 7 heteroatoms. The average molecular weight is 331 g/mol. The number of likely N-dealkylation sites (tertiary alicyclic amines) is 1. The normalized spacial score (nSPS) is 27.9. The molecule has 2 aliphatic rings. The number of para-hydroxylation sites is 1. The van der Waals surface area contributed by atoms with E-state index in [1.807, 2.05) is 31.2 Å². The van der Waals surface area contributed by atoms with Gasteiger partial charge in [0, 0.05) is 32.4 Å². The van der Waals surface area contributed by atoms with Crippen molar-refractivity contribution in [3.8, 4) is 5.75 Å². The molecule has 3 rings (SSSR count). The van der Waals surface area contributed by atoms with Crippen molar-refractivity contribution in [2.45, 2.75) is 31.9 Å². The molecule has 128 valence electrons. The van der Waals surface area contributed by atoms with Gasteiger partial charge in [-0.1, -0.05) is 18.2 Å². The number of carbonyl (C=O) groups excluding carboxylic acids is 3. The van der Waals surface area contributed by atoms with E-state index in [0.717, 1.165) is 5.56 Å². The molecule has 3 atom stereocenters. The summed E-state index contributed by atoms with van der Waals surface area (Å²) in [5.41, 5.74) is 5.52. The van der Waals surface area contributed by atoms with Gasteiger partial charge in [-0.2, -0.15) is 0 Å². The molecule has 0 aliphatic carbocycles. The largest absolute Gasteiger partial charge is 0.468 e. The molecule has 1 saturated heterocycles. The van der Waals surface area contributed by atoms with E-state index in [0.29, 0.717) is 12.2 Å². The van der Waals surface area contributed by atoms with Gasteiger partial charge in [0.1, 0.15) is 11.7 Å². The first-order valence-electron chi connectivity index (χ1n) is 7.96. The van der Waals surface area contributed by atoms with Crippen LogP contribution < -0.4 is 15.8 Å². The molecule has 2 bridgehead atoms. The summed E-state index contributed by atoms with van der Waals surface area (Å²) >= 11 is 0. The van der Waals surface area contributed by atoms with Gasteiger partial charge in [0.2, 0.25) is 17.7 Å². The lowest BCUT2D eigenvalue weighted by atomic mass is 9.73. The number of benzene rings is 1. The number of piperidine rings is 1. The molecule has 0 spiro atoms. The topological polar surface area (TPSA) is 102 Å². The molecular formula is C17H21N3O4. The van der Waals surface area contributed by atoms with Crippen molar-refractivity contribution in [3.63, 3.8) is 0 Å². The first kappa shape index (κ1) is 16.3. The highest BCUT2D eigenvalue weighted by Crippen LogP contribution is 2.49. The average Bonchev–Trinajstić information content (AvgIpc) is 2.49. The summed E-state index contributed by atoms with van der Waals surface area (Å²) in [5, 5.41) is 2.66. The third kappa shape index (κ3) is 2.60. The van der Waals surface area contributed by atoms with E-state index in [9.17, 15) is 14.4 Å². The van der Waals surface area contributed by atoms with Gasteiger partial charge in [-0.3, -0.25) is 14.4 Å². The Morgan fingerprint density at radius 3 is 2.79 bits per heavy atom. The van der Waals surface area contributed by atoms with Crippen LogP contribution in [-0.2, 0) is 14.4 Å². The van der Waals surface area contributed by atoms with Crippen LogP contribution in [0.3, 0.4) is 0 Å². The highest BCUT2D eigenvalue weighted by Gasteiger charge is 2.55. The maximum atomic E-state index is 12.9. The number of rotatable bonds is 4. The summed E-state index contributed by atoms with van der Waals surface area (Å²) in [7, 11) is 0. The fourth-order valence-corrected chi connectivity index (χ4v) is 3.72. The molecule has 7 nitrogen and oxygen atoms in total. The van der Waals surface area contributed by atoms with Crippen LogP contribution >= 0.6 is 0 Å². The molecule has 1 aromatic rings.